The van der Waals surface area contributed by atoms with E-state index >= 15 is 0 Å². The van der Waals surface area contributed by atoms with Gasteiger partial charge in [0.15, 0.2) is 0 Å². The van der Waals surface area contributed by atoms with E-state index in [4.69, 9.17) is 0 Å². The van der Waals surface area contributed by atoms with Gasteiger partial charge < -0.3 is 9.88 Å². The summed E-state index contributed by atoms with van der Waals surface area (Å²) in [5, 5.41) is 15.4. The second-order valence-corrected chi connectivity index (χ2v) is 6.53. The Kier molecular flexibility index (Phi) is 4.42. The molecule has 1 amide bonds. The smallest absolute Gasteiger partial charge is 0.251 e. The minimum absolute atomic E-state index is 0.114. The lowest BCUT2D eigenvalue weighted by molar-refractivity contribution is 0.0952. The van der Waals surface area contributed by atoms with Crippen molar-refractivity contribution >= 4 is 16.8 Å². The van der Waals surface area contributed by atoms with Crippen LogP contribution in [-0.4, -0.2) is 37.2 Å². The highest BCUT2D eigenvalue weighted by atomic mass is 16.1. The van der Waals surface area contributed by atoms with Gasteiger partial charge in [-0.25, -0.2) is 4.68 Å². The van der Waals surface area contributed by atoms with Crippen molar-refractivity contribution in [3.05, 3.63) is 71.7 Å². The standard InChI is InChI=1S/C20H20N6O/c1-14-4-3-5-18-17(14)8-10-25(18)11-9-21-20(27)16-7-6-15(2)19(12-16)26-13-22-23-24-26/h3-8,10,12-13H,9,11H2,1-2H3,(H,21,27). The molecule has 0 fully saturated rings. The molecule has 1 N–H and O–H groups in total. The van der Waals surface area contributed by atoms with Gasteiger partial charge in [0.05, 0.1) is 5.69 Å². The van der Waals surface area contributed by atoms with Gasteiger partial charge in [0.1, 0.15) is 6.33 Å². The Morgan fingerprint density at radius 2 is 2.00 bits per heavy atom. The van der Waals surface area contributed by atoms with Crippen LogP contribution in [0, 0.1) is 13.8 Å². The van der Waals surface area contributed by atoms with Gasteiger partial charge >= 0.3 is 0 Å². The molecule has 0 saturated heterocycles. The van der Waals surface area contributed by atoms with Crippen molar-refractivity contribution in [1.82, 2.24) is 30.1 Å². The van der Waals surface area contributed by atoms with Crippen molar-refractivity contribution in [1.29, 1.82) is 0 Å². The minimum Gasteiger partial charge on any atom is -0.350 e. The number of fused-ring (bicyclic) bond motifs is 1. The van der Waals surface area contributed by atoms with Gasteiger partial charge in [0, 0.05) is 35.8 Å². The molecule has 0 saturated carbocycles. The maximum Gasteiger partial charge on any atom is 0.251 e. The second kappa shape index (κ2) is 7.03. The number of carbonyl (C=O) groups is 1. The minimum atomic E-state index is -0.114. The molecule has 0 aliphatic heterocycles. The highest BCUT2D eigenvalue weighted by molar-refractivity contribution is 5.94. The number of hydrogen-bond acceptors (Lipinski definition) is 4. The molecule has 0 aliphatic carbocycles. The molecule has 4 aromatic rings. The largest absolute Gasteiger partial charge is 0.350 e. The van der Waals surface area contributed by atoms with Gasteiger partial charge in [-0.1, -0.05) is 18.2 Å². The summed E-state index contributed by atoms with van der Waals surface area (Å²) in [6.45, 7) is 5.32. The van der Waals surface area contributed by atoms with E-state index < -0.39 is 0 Å². The molecular formula is C20H20N6O. The Balaban J connectivity index is 1.45. The predicted molar refractivity (Wildman–Crippen MR) is 103 cm³/mol. The van der Waals surface area contributed by atoms with Crippen molar-refractivity contribution in [2.45, 2.75) is 20.4 Å². The normalized spacial score (nSPS) is 11.0. The number of benzene rings is 2. The number of hydrogen-bond donors (Lipinski definition) is 1. The van der Waals surface area contributed by atoms with Gasteiger partial charge in [-0.3, -0.25) is 4.79 Å². The molecule has 0 atom stereocenters. The van der Waals surface area contributed by atoms with Crippen molar-refractivity contribution in [3.8, 4) is 5.69 Å². The Hall–Kier alpha value is -3.48. The zero-order valence-corrected chi connectivity index (χ0v) is 15.3. The van der Waals surface area contributed by atoms with Crippen LogP contribution in [0.1, 0.15) is 21.5 Å². The first kappa shape index (κ1) is 17.0. The van der Waals surface area contributed by atoms with Gasteiger partial charge in [-0.05, 0) is 59.7 Å². The average molecular weight is 360 g/mol. The molecule has 2 aromatic heterocycles. The third kappa shape index (κ3) is 3.31. The lowest BCUT2D eigenvalue weighted by Crippen LogP contribution is -2.27. The molecule has 136 valence electrons. The van der Waals surface area contributed by atoms with E-state index in [-0.39, 0.29) is 5.91 Å². The first-order chi connectivity index (χ1) is 13.1. The third-order valence-corrected chi connectivity index (χ3v) is 4.74. The summed E-state index contributed by atoms with van der Waals surface area (Å²) >= 11 is 0. The van der Waals surface area contributed by atoms with E-state index in [9.17, 15) is 4.79 Å². The number of aryl methyl sites for hydroxylation is 2. The molecule has 0 aliphatic rings. The Morgan fingerprint density at radius 1 is 1.11 bits per heavy atom. The van der Waals surface area contributed by atoms with Crippen LogP contribution in [0.25, 0.3) is 16.6 Å². The number of amides is 1. The predicted octanol–water partition coefficient (Wildman–Crippen LogP) is 2.66. The molecule has 2 heterocycles. The zero-order valence-electron chi connectivity index (χ0n) is 15.3. The van der Waals surface area contributed by atoms with Crippen LogP contribution >= 0.6 is 0 Å². The van der Waals surface area contributed by atoms with Crippen LogP contribution in [0.5, 0.6) is 0 Å². The number of aromatic nitrogens is 5. The second-order valence-electron chi connectivity index (χ2n) is 6.53. The third-order valence-electron chi connectivity index (χ3n) is 4.74. The lowest BCUT2D eigenvalue weighted by atomic mass is 10.1. The summed E-state index contributed by atoms with van der Waals surface area (Å²) in [6, 6.07) is 13.9. The molecule has 2 aromatic carbocycles. The van der Waals surface area contributed by atoms with Gasteiger partial charge in [0.2, 0.25) is 0 Å². The average Bonchev–Trinajstić information content (AvgIpc) is 3.33. The molecule has 0 radical (unpaired) electrons. The molecule has 4 rings (SSSR count). The highest BCUT2D eigenvalue weighted by Crippen LogP contribution is 2.19. The van der Waals surface area contributed by atoms with Crippen LogP contribution < -0.4 is 5.32 Å². The molecule has 0 unspecified atom stereocenters. The Bertz CT molecular complexity index is 1100. The molecule has 0 bridgehead atoms. The number of carbonyl (C=O) groups excluding carboxylic acids is 1. The van der Waals surface area contributed by atoms with Crippen molar-refractivity contribution in [2.24, 2.45) is 0 Å². The lowest BCUT2D eigenvalue weighted by Gasteiger charge is -2.10. The first-order valence-electron chi connectivity index (χ1n) is 8.80. The van der Waals surface area contributed by atoms with Gasteiger partial charge in [0.25, 0.3) is 5.91 Å². The quantitative estimate of drug-likeness (QED) is 0.593. The SMILES string of the molecule is Cc1ccc(C(=O)NCCn2ccc3c(C)cccc32)cc1-n1cnnn1. The molecular weight excluding hydrogens is 340 g/mol. The van der Waals surface area contributed by atoms with E-state index in [0.29, 0.717) is 18.7 Å². The summed E-state index contributed by atoms with van der Waals surface area (Å²) in [7, 11) is 0. The fraction of sp³-hybridized carbons (Fsp3) is 0.200. The summed E-state index contributed by atoms with van der Waals surface area (Å²) in [5.74, 6) is -0.114. The van der Waals surface area contributed by atoms with Gasteiger partial charge in [-0.2, -0.15) is 0 Å². The Labute approximate surface area is 156 Å². The van der Waals surface area contributed by atoms with Crippen molar-refractivity contribution in [2.75, 3.05) is 6.54 Å². The van der Waals surface area contributed by atoms with Crippen LogP contribution in [0.2, 0.25) is 0 Å². The van der Waals surface area contributed by atoms with E-state index in [2.05, 4.69) is 62.8 Å². The summed E-state index contributed by atoms with van der Waals surface area (Å²) in [4.78, 5) is 12.5. The summed E-state index contributed by atoms with van der Waals surface area (Å²) in [6.07, 6.45) is 3.58. The number of nitrogens with one attached hydrogen (secondary N) is 1. The van der Waals surface area contributed by atoms with E-state index in [0.717, 1.165) is 11.3 Å². The van der Waals surface area contributed by atoms with Crippen LogP contribution in [0.15, 0.2) is 55.0 Å². The first-order valence-corrected chi connectivity index (χ1v) is 8.80. The topological polar surface area (TPSA) is 77.6 Å². The fourth-order valence-corrected chi connectivity index (χ4v) is 3.23. The summed E-state index contributed by atoms with van der Waals surface area (Å²) < 4.78 is 3.71. The zero-order chi connectivity index (χ0) is 18.8. The van der Waals surface area contributed by atoms with Crippen LogP contribution in [0.3, 0.4) is 0 Å². The van der Waals surface area contributed by atoms with E-state index in [1.807, 2.05) is 19.1 Å². The number of nitrogens with zero attached hydrogens (tertiary/aromatic N) is 5. The Morgan fingerprint density at radius 3 is 2.81 bits per heavy atom. The molecule has 27 heavy (non-hydrogen) atoms. The fourth-order valence-electron chi connectivity index (χ4n) is 3.23. The molecule has 7 heteroatoms. The van der Waals surface area contributed by atoms with Crippen LogP contribution in [-0.2, 0) is 6.54 Å². The molecule has 7 nitrogen and oxygen atoms in total. The van der Waals surface area contributed by atoms with Gasteiger partial charge in [-0.15, -0.1) is 5.10 Å². The van der Waals surface area contributed by atoms with E-state index in [1.54, 1.807) is 10.7 Å². The highest BCUT2D eigenvalue weighted by Gasteiger charge is 2.10. The van der Waals surface area contributed by atoms with Crippen molar-refractivity contribution in [3.63, 3.8) is 0 Å². The number of rotatable bonds is 5. The van der Waals surface area contributed by atoms with Crippen molar-refractivity contribution < 1.29 is 4.79 Å². The maximum absolute atomic E-state index is 12.5. The maximum atomic E-state index is 12.5. The van der Waals surface area contributed by atoms with E-state index in [1.165, 1.54) is 22.8 Å². The monoisotopic (exact) mass is 360 g/mol. The summed E-state index contributed by atoms with van der Waals surface area (Å²) in [5.41, 5.74) is 4.80. The molecule has 0 spiro atoms. The number of tetrazole rings is 1. The van der Waals surface area contributed by atoms with Crippen LogP contribution in [0.4, 0.5) is 0 Å².